The summed E-state index contributed by atoms with van der Waals surface area (Å²) in [6, 6.07) is 6.21. The third-order valence-electron chi connectivity index (χ3n) is 6.13. The van der Waals surface area contributed by atoms with Crippen LogP contribution in [0, 0.1) is 13.8 Å². The van der Waals surface area contributed by atoms with Gasteiger partial charge < -0.3 is 5.32 Å². The van der Waals surface area contributed by atoms with Gasteiger partial charge in [0.2, 0.25) is 0 Å². The second-order valence-corrected chi connectivity index (χ2v) is 11.1. The average Bonchev–Trinajstić information content (AvgIpc) is 3.49. The largest absolute Gasteiger partial charge is 0.346 e. The Morgan fingerprint density at radius 2 is 1.92 bits per heavy atom. The molecule has 0 unspecified atom stereocenters. The quantitative estimate of drug-likeness (QED) is 0.365. The number of nitrogens with zero attached hydrogens (tertiary/aromatic N) is 5. The minimum atomic E-state index is -0.147. The van der Waals surface area contributed by atoms with Crippen LogP contribution >= 0.6 is 11.3 Å². The van der Waals surface area contributed by atoms with Crippen LogP contribution in [0.2, 0.25) is 0 Å². The minimum absolute atomic E-state index is 0.0190. The second-order valence-electron chi connectivity index (χ2n) is 10.1. The van der Waals surface area contributed by atoms with Gasteiger partial charge >= 0.3 is 0 Å². The van der Waals surface area contributed by atoms with Gasteiger partial charge in [0.15, 0.2) is 5.01 Å². The lowest BCUT2D eigenvalue weighted by Crippen LogP contribution is -2.23. The number of carbonyl (C=O) groups is 1. The molecule has 0 radical (unpaired) electrons. The van der Waals surface area contributed by atoms with Gasteiger partial charge in [-0.15, -0.1) is 11.3 Å². The molecule has 1 amide bonds. The summed E-state index contributed by atoms with van der Waals surface area (Å²) in [5.41, 5.74) is 8.09. The molecule has 0 spiro atoms. The Hall–Kier alpha value is -3.65. The number of nitrogens with one attached hydrogen (secondary N) is 1. The summed E-state index contributed by atoms with van der Waals surface area (Å²) >= 11 is 1.45. The van der Waals surface area contributed by atoms with Crippen LogP contribution in [0.1, 0.15) is 70.3 Å². The molecule has 3 aromatic heterocycles. The number of aryl methyl sites for hydroxylation is 2. The molecule has 4 rings (SSSR count). The summed E-state index contributed by atoms with van der Waals surface area (Å²) in [6.45, 7) is 12.9. The SMILES string of the molecule is C/C(=C\c1ncnc(-c2ccc(CNC(=O)c3ncc(C(C)(C)C)s3)c(C)c2)c1C)c1cnn(C)c1. The predicted octanol–water partition coefficient (Wildman–Crippen LogP) is 5.74. The highest BCUT2D eigenvalue weighted by molar-refractivity contribution is 7.13. The van der Waals surface area contributed by atoms with E-state index in [2.05, 4.69) is 72.1 Å². The average molecular weight is 501 g/mol. The molecule has 0 saturated heterocycles. The smallest absolute Gasteiger partial charge is 0.280 e. The number of hydrogen-bond acceptors (Lipinski definition) is 6. The van der Waals surface area contributed by atoms with Gasteiger partial charge in [-0.1, -0.05) is 32.9 Å². The zero-order valence-corrected chi connectivity index (χ0v) is 22.7. The van der Waals surface area contributed by atoms with Crippen molar-refractivity contribution in [2.75, 3.05) is 0 Å². The zero-order valence-electron chi connectivity index (χ0n) is 21.9. The van der Waals surface area contributed by atoms with Gasteiger partial charge in [0, 0.05) is 47.6 Å². The van der Waals surface area contributed by atoms with Crippen LogP contribution in [0.4, 0.5) is 0 Å². The molecule has 0 fully saturated rings. The van der Waals surface area contributed by atoms with Crippen LogP contribution in [0.3, 0.4) is 0 Å². The van der Waals surface area contributed by atoms with E-state index in [9.17, 15) is 4.79 Å². The number of aromatic nitrogens is 5. The van der Waals surface area contributed by atoms with E-state index < -0.39 is 0 Å². The summed E-state index contributed by atoms with van der Waals surface area (Å²) in [5, 5.41) is 7.75. The third-order valence-corrected chi connectivity index (χ3v) is 7.55. The minimum Gasteiger partial charge on any atom is -0.346 e. The van der Waals surface area contributed by atoms with Crippen molar-refractivity contribution in [1.29, 1.82) is 0 Å². The topological polar surface area (TPSA) is 85.6 Å². The van der Waals surface area contributed by atoms with Gasteiger partial charge in [0.1, 0.15) is 6.33 Å². The fraction of sp³-hybridized carbons (Fsp3) is 0.321. The first kappa shape index (κ1) is 25.4. The summed E-state index contributed by atoms with van der Waals surface area (Å²) in [6.07, 6.45) is 9.31. The van der Waals surface area contributed by atoms with Crippen LogP contribution in [-0.2, 0) is 19.0 Å². The third kappa shape index (κ3) is 5.60. The Morgan fingerprint density at radius 1 is 1.14 bits per heavy atom. The molecule has 186 valence electrons. The van der Waals surface area contributed by atoms with E-state index in [4.69, 9.17) is 0 Å². The molecule has 0 aliphatic heterocycles. The maximum atomic E-state index is 12.6. The molecular formula is C28H32N6OS. The predicted molar refractivity (Wildman–Crippen MR) is 146 cm³/mol. The molecule has 0 saturated carbocycles. The molecular weight excluding hydrogens is 468 g/mol. The molecule has 7 nitrogen and oxygen atoms in total. The second kappa shape index (κ2) is 10.1. The van der Waals surface area contributed by atoms with E-state index in [1.807, 2.05) is 38.5 Å². The van der Waals surface area contributed by atoms with Gasteiger partial charge in [-0.25, -0.2) is 15.0 Å². The summed E-state index contributed by atoms with van der Waals surface area (Å²) in [7, 11) is 1.91. The number of benzene rings is 1. The number of carbonyl (C=O) groups excluding carboxylic acids is 1. The van der Waals surface area contributed by atoms with Gasteiger partial charge in [-0.2, -0.15) is 5.10 Å². The Bertz CT molecular complexity index is 1440. The van der Waals surface area contributed by atoms with Crippen molar-refractivity contribution < 1.29 is 4.79 Å². The van der Waals surface area contributed by atoms with E-state index in [0.717, 1.165) is 49.7 Å². The van der Waals surface area contributed by atoms with Crippen LogP contribution in [0.5, 0.6) is 0 Å². The molecule has 0 bridgehead atoms. The molecule has 0 aliphatic carbocycles. The van der Waals surface area contributed by atoms with Crippen LogP contribution in [0.25, 0.3) is 22.9 Å². The number of thiazole rings is 1. The van der Waals surface area contributed by atoms with E-state index in [1.54, 1.807) is 17.2 Å². The molecule has 1 aromatic carbocycles. The van der Waals surface area contributed by atoms with Crippen molar-refractivity contribution in [3.05, 3.63) is 80.9 Å². The lowest BCUT2D eigenvalue weighted by Gasteiger charge is -2.14. The van der Waals surface area contributed by atoms with Crippen molar-refractivity contribution in [2.45, 2.75) is 53.5 Å². The standard InChI is InChI=1S/C28H32N6OS/c1-17-10-20(8-9-21(17)12-29-26(35)27-30-14-24(36-27)28(4,5)6)25-19(3)23(31-16-32-25)11-18(2)22-13-33-34(7)15-22/h8-11,13-16H,12H2,1-7H3,(H,29,35)/b18-11+. The first-order valence-corrected chi connectivity index (χ1v) is 12.7. The highest BCUT2D eigenvalue weighted by Crippen LogP contribution is 2.28. The summed E-state index contributed by atoms with van der Waals surface area (Å²) in [5.74, 6) is -0.147. The van der Waals surface area contributed by atoms with Crippen LogP contribution in [-0.4, -0.2) is 30.6 Å². The molecule has 8 heteroatoms. The van der Waals surface area contributed by atoms with Crippen molar-refractivity contribution in [3.8, 4) is 11.3 Å². The number of hydrogen-bond donors (Lipinski definition) is 1. The Morgan fingerprint density at radius 3 is 2.56 bits per heavy atom. The highest BCUT2D eigenvalue weighted by Gasteiger charge is 2.20. The molecule has 36 heavy (non-hydrogen) atoms. The first-order valence-electron chi connectivity index (χ1n) is 11.9. The monoisotopic (exact) mass is 500 g/mol. The highest BCUT2D eigenvalue weighted by atomic mass is 32.1. The van der Waals surface area contributed by atoms with E-state index in [1.165, 1.54) is 11.3 Å². The van der Waals surface area contributed by atoms with Crippen molar-refractivity contribution in [3.63, 3.8) is 0 Å². The molecule has 0 aliphatic rings. The maximum Gasteiger partial charge on any atom is 0.280 e. The summed E-state index contributed by atoms with van der Waals surface area (Å²) < 4.78 is 1.79. The fourth-order valence-electron chi connectivity index (χ4n) is 3.83. The lowest BCUT2D eigenvalue weighted by atomic mass is 9.96. The van der Waals surface area contributed by atoms with Crippen LogP contribution < -0.4 is 5.32 Å². The molecule has 3 heterocycles. The van der Waals surface area contributed by atoms with Gasteiger partial charge in [0.25, 0.3) is 5.91 Å². The number of amides is 1. The Labute approximate surface area is 216 Å². The number of allylic oxidation sites excluding steroid dienone is 1. The zero-order chi connectivity index (χ0) is 26.0. The fourth-order valence-corrected chi connectivity index (χ4v) is 4.72. The molecule has 0 atom stereocenters. The van der Waals surface area contributed by atoms with E-state index >= 15 is 0 Å². The molecule has 1 N–H and O–H groups in total. The lowest BCUT2D eigenvalue weighted by molar-refractivity contribution is 0.0950. The van der Waals surface area contributed by atoms with Gasteiger partial charge in [0.05, 0.1) is 17.6 Å². The van der Waals surface area contributed by atoms with Crippen molar-refractivity contribution in [1.82, 2.24) is 30.0 Å². The normalized spacial score (nSPS) is 12.1. The summed E-state index contributed by atoms with van der Waals surface area (Å²) in [4.78, 5) is 27.1. The van der Waals surface area contributed by atoms with Gasteiger partial charge in [-0.05, 0) is 55.0 Å². The van der Waals surface area contributed by atoms with Crippen LogP contribution in [0.15, 0.2) is 43.1 Å². The van der Waals surface area contributed by atoms with Crippen molar-refractivity contribution >= 4 is 28.9 Å². The van der Waals surface area contributed by atoms with E-state index in [0.29, 0.717) is 11.6 Å². The Kier molecular flexibility index (Phi) is 7.17. The Balaban J connectivity index is 1.50. The first-order chi connectivity index (χ1) is 17.0. The van der Waals surface area contributed by atoms with Gasteiger partial charge in [-0.3, -0.25) is 9.48 Å². The van der Waals surface area contributed by atoms with Crippen molar-refractivity contribution in [2.24, 2.45) is 7.05 Å². The van der Waals surface area contributed by atoms with E-state index in [-0.39, 0.29) is 11.3 Å². The number of rotatable bonds is 6. The molecule has 4 aromatic rings. The maximum absolute atomic E-state index is 12.6.